The van der Waals surface area contributed by atoms with E-state index in [9.17, 15) is 4.79 Å². The van der Waals surface area contributed by atoms with Crippen LogP contribution in [0.2, 0.25) is 0 Å². The van der Waals surface area contributed by atoms with E-state index in [2.05, 4.69) is 0 Å². The Morgan fingerprint density at radius 3 is 2.67 bits per heavy atom. The lowest BCUT2D eigenvalue weighted by Crippen LogP contribution is -2.25. The molecule has 1 aromatic rings. The van der Waals surface area contributed by atoms with Crippen molar-refractivity contribution in [1.29, 1.82) is 0 Å². The number of Topliss-reactive ketones (excluding diaryl/α,β-unsaturated/α-hetero) is 1. The fourth-order valence-corrected chi connectivity index (χ4v) is 1.48. The van der Waals surface area contributed by atoms with Gasteiger partial charge in [0, 0.05) is 25.5 Å². The molecule has 0 aromatic heterocycles. The first-order chi connectivity index (χ1) is 8.48. The normalized spacial score (nSPS) is 11.3. The van der Waals surface area contributed by atoms with Crippen LogP contribution < -0.4 is 4.74 Å². The lowest BCUT2D eigenvalue weighted by molar-refractivity contribution is 0.00544. The highest BCUT2D eigenvalue weighted by Crippen LogP contribution is 2.17. The Hall–Kier alpha value is -1.35. The molecule has 0 radical (unpaired) electrons. The molecule has 18 heavy (non-hydrogen) atoms. The largest absolute Gasteiger partial charge is 0.493 e. The third kappa shape index (κ3) is 4.49. The molecule has 0 bridgehead atoms. The Morgan fingerprint density at radius 1 is 1.33 bits per heavy atom. The summed E-state index contributed by atoms with van der Waals surface area (Å²) in [7, 11) is 1.69. The van der Waals surface area contributed by atoms with Crippen molar-refractivity contribution in [2.75, 3.05) is 13.7 Å². The minimum absolute atomic E-state index is 0.137. The second-order valence-electron chi connectivity index (χ2n) is 4.87. The highest BCUT2D eigenvalue weighted by atomic mass is 16.5. The molecule has 0 aliphatic rings. The van der Waals surface area contributed by atoms with Gasteiger partial charge in [-0.3, -0.25) is 4.79 Å². The summed E-state index contributed by atoms with van der Waals surface area (Å²) < 4.78 is 11.0. The van der Waals surface area contributed by atoms with Gasteiger partial charge in [0.15, 0.2) is 5.78 Å². The van der Waals surface area contributed by atoms with Crippen LogP contribution in [0, 0.1) is 0 Å². The Balaban J connectivity index is 2.55. The number of rotatable bonds is 7. The smallest absolute Gasteiger partial charge is 0.162 e. The molecule has 1 rings (SSSR count). The van der Waals surface area contributed by atoms with Crippen molar-refractivity contribution < 1.29 is 14.3 Å². The van der Waals surface area contributed by atoms with Crippen LogP contribution in [0.3, 0.4) is 0 Å². The van der Waals surface area contributed by atoms with Gasteiger partial charge in [-0.2, -0.15) is 0 Å². The van der Waals surface area contributed by atoms with Crippen molar-refractivity contribution >= 4 is 5.78 Å². The van der Waals surface area contributed by atoms with Gasteiger partial charge in [-0.15, -0.1) is 0 Å². The molecule has 100 valence electrons. The number of hydrogen-bond acceptors (Lipinski definition) is 3. The molecular weight excluding hydrogens is 228 g/mol. The fourth-order valence-electron chi connectivity index (χ4n) is 1.48. The van der Waals surface area contributed by atoms with E-state index in [-0.39, 0.29) is 11.4 Å². The molecule has 0 saturated carbocycles. The van der Waals surface area contributed by atoms with Crippen LogP contribution >= 0.6 is 0 Å². The molecule has 0 aliphatic carbocycles. The van der Waals surface area contributed by atoms with Crippen LogP contribution in [0.15, 0.2) is 24.3 Å². The van der Waals surface area contributed by atoms with Crippen LogP contribution in [0.5, 0.6) is 5.75 Å². The van der Waals surface area contributed by atoms with Crippen LogP contribution in [0.4, 0.5) is 0 Å². The zero-order valence-corrected chi connectivity index (χ0v) is 11.7. The molecular formula is C15H22O3. The predicted molar refractivity (Wildman–Crippen MR) is 72.3 cm³/mol. The highest BCUT2D eigenvalue weighted by Gasteiger charge is 2.16. The molecule has 0 spiro atoms. The molecule has 3 heteroatoms. The van der Waals surface area contributed by atoms with Gasteiger partial charge in [0.2, 0.25) is 0 Å². The molecule has 0 N–H and O–H groups in total. The number of hydrogen-bond donors (Lipinski definition) is 0. The molecule has 3 nitrogen and oxygen atoms in total. The fraction of sp³-hybridized carbons (Fsp3) is 0.533. The van der Waals surface area contributed by atoms with E-state index in [1.165, 1.54) is 0 Å². The summed E-state index contributed by atoms with van der Waals surface area (Å²) >= 11 is 0. The van der Waals surface area contributed by atoms with Crippen LogP contribution in [0.25, 0.3) is 0 Å². The molecule has 0 atom stereocenters. The number of benzene rings is 1. The number of ketones is 1. The minimum Gasteiger partial charge on any atom is -0.493 e. The maximum atomic E-state index is 11.6. The van der Waals surface area contributed by atoms with Crippen molar-refractivity contribution in [1.82, 2.24) is 0 Å². The monoisotopic (exact) mass is 250 g/mol. The van der Waals surface area contributed by atoms with Crippen molar-refractivity contribution in [2.45, 2.75) is 39.2 Å². The van der Waals surface area contributed by atoms with Crippen molar-refractivity contribution in [2.24, 2.45) is 0 Å². The lowest BCUT2D eigenvalue weighted by atomic mass is 10.1. The summed E-state index contributed by atoms with van der Waals surface area (Å²) in [5, 5.41) is 0. The molecule has 0 saturated heterocycles. The Morgan fingerprint density at radius 2 is 2.06 bits per heavy atom. The van der Waals surface area contributed by atoms with Crippen molar-refractivity contribution in [3.05, 3.63) is 29.8 Å². The summed E-state index contributed by atoms with van der Waals surface area (Å²) in [6.45, 7) is 6.47. The highest BCUT2D eigenvalue weighted by molar-refractivity contribution is 5.96. The van der Waals surface area contributed by atoms with E-state index in [0.29, 0.717) is 18.6 Å². The van der Waals surface area contributed by atoms with Crippen molar-refractivity contribution in [3.8, 4) is 5.75 Å². The second-order valence-corrected chi connectivity index (χ2v) is 4.87. The van der Waals surface area contributed by atoms with E-state index in [4.69, 9.17) is 9.47 Å². The Labute approximate surface area is 109 Å². The van der Waals surface area contributed by atoms with E-state index in [1.807, 2.05) is 39.0 Å². The molecule has 1 aromatic carbocycles. The third-order valence-corrected chi connectivity index (χ3v) is 3.00. The molecule has 0 aliphatic heterocycles. The van der Waals surface area contributed by atoms with Gasteiger partial charge in [0.1, 0.15) is 5.75 Å². The average molecular weight is 250 g/mol. The van der Waals surface area contributed by atoms with E-state index >= 15 is 0 Å². The lowest BCUT2D eigenvalue weighted by Gasteiger charge is -2.22. The first kappa shape index (κ1) is 14.7. The average Bonchev–Trinajstić information content (AvgIpc) is 2.38. The third-order valence-electron chi connectivity index (χ3n) is 3.00. The maximum absolute atomic E-state index is 11.6. The SMILES string of the molecule is CCC(=O)c1cccc(OCCC(C)(C)OC)c1. The van der Waals surface area contributed by atoms with Gasteiger partial charge in [0.25, 0.3) is 0 Å². The number of carbonyl (C=O) groups excluding carboxylic acids is 1. The van der Waals surface area contributed by atoms with E-state index in [1.54, 1.807) is 13.2 Å². The standard InChI is InChI=1S/C15H22O3/c1-5-14(16)12-7-6-8-13(11-12)18-10-9-15(2,3)17-4/h6-8,11H,5,9-10H2,1-4H3. The number of carbonyl (C=O) groups is 1. The summed E-state index contributed by atoms with van der Waals surface area (Å²) in [5.74, 6) is 0.874. The van der Waals surface area contributed by atoms with Gasteiger partial charge in [0.05, 0.1) is 12.2 Å². The van der Waals surface area contributed by atoms with Gasteiger partial charge in [-0.25, -0.2) is 0 Å². The molecule has 0 heterocycles. The zero-order chi connectivity index (χ0) is 13.6. The van der Waals surface area contributed by atoms with Gasteiger partial charge >= 0.3 is 0 Å². The quantitative estimate of drug-likeness (QED) is 0.695. The Kier molecular flexibility index (Phi) is 5.35. The van der Waals surface area contributed by atoms with Crippen LogP contribution in [-0.4, -0.2) is 25.1 Å². The summed E-state index contributed by atoms with van der Waals surface area (Å²) in [5.41, 5.74) is 0.526. The Bertz CT molecular complexity index is 396. The van der Waals surface area contributed by atoms with Crippen molar-refractivity contribution in [3.63, 3.8) is 0 Å². The van der Waals surface area contributed by atoms with Gasteiger partial charge < -0.3 is 9.47 Å². The second kappa shape index (κ2) is 6.55. The van der Waals surface area contributed by atoms with Crippen LogP contribution in [-0.2, 0) is 4.74 Å². The van der Waals surface area contributed by atoms with Crippen LogP contribution in [0.1, 0.15) is 44.0 Å². The number of ether oxygens (including phenoxy) is 2. The van der Waals surface area contributed by atoms with E-state index < -0.39 is 0 Å². The van der Waals surface area contributed by atoms with Gasteiger partial charge in [-0.1, -0.05) is 19.1 Å². The molecule has 0 fully saturated rings. The first-order valence-corrected chi connectivity index (χ1v) is 6.29. The maximum Gasteiger partial charge on any atom is 0.162 e. The first-order valence-electron chi connectivity index (χ1n) is 6.29. The number of methoxy groups -OCH3 is 1. The minimum atomic E-state index is -0.184. The van der Waals surface area contributed by atoms with E-state index in [0.717, 1.165) is 12.2 Å². The summed E-state index contributed by atoms with van der Waals surface area (Å²) in [6.07, 6.45) is 1.32. The topological polar surface area (TPSA) is 35.5 Å². The molecule has 0 amide bonds. The summed E-state index contributed by atoms with van der Waals surface area (Å²) in [6, 6.07) is 7.33. The predicted octanol–water partition coefficient (Wildman–Crippen LogP) is 3.47. The summed E-state index contributed by atoms with van der Waals surface area (Å²) in [4.78, 5) is 11.6. The molecule has 0 unspecified atom stereocenters. The van der Waals surface area contributed by atoms with Gasteiger partial charge in [-0.05, 0) is 26.0 Å². The zero-order valence-electron chi connectivity index (χ0n) is 11.7.